The Labute approximate surface area is 69.9 Å². The zero-order valence-corrected chi connectivity index (χ0v) is 6.88. The van der Waals surface area contributed by atoms with Crippen molar-refractivity contribution in [1.82, 2.24) is 0 Å². The summed E-state index contributed by atoms with van der Waals surface area (Å²) in [5.41, 5.74) is 8.92. The Morgan fingerprint density at radius 3 is 1.83 bits per heavy atom. The molecule has 2 rings (SSSR count). The minimum Gasteiger partial charge on any atom is -0.398 e. The third kappa shape index (κ3) is 2.19. The Kier molecular flexibility index (Phi) is 2.05. The van der Waals surface area contributed by atoms with Crippen molar-refractivity contribution in [2.24, 2.45) is 5.14 Å². The van der Waals surface area contributed by atoms with Crippen molar-refractivity contribution in [3.63, 3.8) is 0 Å². The molecule has 5 N–H and O–H groups in total. The summed E-state index contributed by atoms with van der Waals surface area (Å²) in [6.45, 7) is 0. The van der Waals surface area contributed by atoms with Crippen LogP contribution in [0.2, 0.25) is 0 Å². The molecule has 6 heteroatoms. The average Bonchev–Trinajstić information content (AvgIpc) is 1.78. The predicted octanol–water partition coefficient (Wildman–Crippen LogP) is -0.00290. The van der Waals surface area contributed by atoms with Gasteiger partial charge in [-0.15, -0.1) is 0 Å². The van der Waals surface area contributed by atoms with Crippen LogP contribution in [0.25, 0.3) is 11.1 Å². The second-order valence-electron chi connectivity index (χ2n) is 2.32. The van der Waals surface area contributed by atoms with E-state index in [-0.39, 0.29) is 0 Å². The van der Waals surface area contributed by atoms with Crippen molar-refractivity contribution >= 4 is 16.0 Å². The first-order valence-electron chi connectivity index (χ1n) is 3.03. The molecule has 2 aliphatic carbocycles. The highest BCUT2D eigenvalue weighted by molar-refractivity contribution is 7.83. The maximum Gasteiger partial charge on any atom is 0.330 e. The van der Waals surface area contributed by atoms with Crippen molar-refractivity contribution in [3.8, 4) is 11.1 Å². The van der Waals surface area contributed by atoms with Gasteiger partial charge in [-0.3, -0.25) is 4.55 Å². The van der Waals surface area contributed by atoms with Gasteiger partial charge in [0, 0.05) is 11.3 Å². The van der Waals surface area contributed by atoms with E-state index >= 15 is 0 Å². The molecule has 0 atom stereocenters. The molecule has 2 aliphatic rings. The van der Waals surface area contributed by atoms with Crippen LogP contribution in [0.5, 0.6) is 0 Å². The molecule has 0 aliphatic heterocycles. The fourth-order valence-electron chi connectivity index (χ4n) is 0.819. The molecule has 0 saturated carbocycles. The summed E-state index contributed by atoms with van der Waals surface area (Å²) < 4.78 is 25.2. The smallest absolute Gasteiger partial charge is 0.330 e. The number of hydrogen-bond acceptors (Lipinski definition) is 3. The first-order chi connectivity index (χ1) is 5.38. The molecule has 12 heavy (non-hydrogen) atoms. The first-order valence-corrected chi connectivity index (χ1v) is 4.53. The number of nitrogens with two attached hydrogens (primary N) is 2. The number of benzene rings is 1. The molecule has 5 nitrogen and oxygen atoms in total. The Balaban J connectivity index is 0.000000130. The minimum absolute atomic E-state index is 0.942. The van der Waals surface area contributed by atoms with Crippen LogP contribution in [0, 0.1) is 0 Å². The number of rotatable bonds is 0. The molecule has 0 radical (unpaired) electrons. The quantitative estimate of drug-likeness (QED) is 0.399. The van der Waals surface area contributed by atoms with E-state index in [0.717, 1.165) is 5.69 Å². The minimum atomic E-state index is -4.17. The lowest BCUT2D eigenvalue weighted by Crippen LogP contribution is -2.08. The number of anilines is 1. The molecular weight excluding hydrogens is 180 g/mol. The van der Waals surface area contributed by atoms with E-state index in [1.165, 1.54) is 11.1 Å². The fourth-order valence-corrected chi connectivity index (χ4v) is 0.819. The molecule has 0 fully saturated rings. The second-order valence-corrected chi connectivity index (χ2v) is 3.35. The molecule has 0 unspecified atom stereocenters. The molecule has 0 bridgehead atoms. The third-order valence-corrected chi connectivity index (χ3v) is 1.36. The fraction of sp³-hybridized carbons (Fsp3) is 0. The maximum absolute atomic E-state index is 8.97. The molecule has 0 saturated heterocycles. The van der Waals surface area contributed by atoms with E-state index in [1.807, 2.05) is 12.1 Å². The van der Waals surface area contributed by atoms with Crippen molar-refractivity contribution < 1.29 is 13.0 Å². The van der Waals surface area contributed by atoms with Gasteiger partial charge in [0.15, 0.2) is 0 Å². The van der Waals surface area contributed by atoms with Gasteiger partial charge >= 0.3 is 10.3 Å². The van der Waals surface area contributed by atoms with E-state index in [0.29, 0.717) is 0 Å². The van der Waals surface area contributed by atoms with Gasteiger partial charge in [0.05, 0.1) is 0 Å². The molecule has 0 spiro atoms. The average molecular weight is 188 g/mol. The molecule has 0 aromatic rings. The van der Waals surface area contributed by atoms with Crippen molar-refractivity contribution in [1.29, 1.82) is 0 Å². The summed E-state index contributed by atoms with van der Waals surface area (Å²) in [7, 11) is -4.17. The van der Waals surface area contributed by atoms with Gasteiger partial charge in [0.1, 0.15) is 0 Å². The van der Waals surface area contributed by atoms with Gasteiger partial charge in [-0.1, -0.05) is 12.1 Å². The summed E-state index contributed by atoms with van der Waals surface area (Å²) in [5, 5.41) is 3.88. The third-order valence-electron chi connectivity index (χ3n) is 1.36. The molecule has 0 aromatic carbocycles. The Morgan fingerprint density at radius 2 is 1.83 bits per heavy atom. The summed E-state index contributed by atoms with van der Waals surface area (Å²) >= 11 is 0. The van der Waals surface area contributed by atoms with Gasteiger partial charge in [-0.2, -0.15) is 8.42 Å². The largest absolute Gasteiger partial charge is 0.398 e. The van der Waals surface area contributed by atoms with Crippen LogP contribution in [0.15, 0.2) is 18.2 Å². The SMILES string of the molecule is NS(=O)(=O)O.Nc1cc2ccc1-2. The lowest BCUT2D eigenvalue weighted by Gasteiger charge is -2.16. The number of hydrogen-bond donors (Lipinski definition) is 3. The molecule has 66 valence electrons. The van der Waals surface area contributed by atoms with Crippen LogP contribution in [0.3, 0.4) is 0 Å². The van der Waals surface area contributed by atoms with Crippen molar-refractivity contribution in [2.45, 2.75) is 0 Å². The van der Waals surface area contributed by atoms with Crippen LogP contribution < -0.4 is 10.9 Å². The summed E-state index contributed by atoms with van der Waals surface area (Å²) in [5.74, 6) is 0. The van der Waals surface area contributed by atoms with E-state index in [1.54, 1.807) is 0 Å². The maximum atomic E-state index is 8.97. The second kappa shape index (κ2) is 2.74. The summed E-state index contributed by atoms with van der Waals surface area (Å²) in [4.78, 5) is 0. The standard InChI is InChI=1S/C6H5N.H3NO3S/c7-6-3-4-1-2-5(4)6;1-5(2,3)4/h1-3H,7H2;(H3,1,2,3,4). The topological polar surface area (TPSA) is 106 Å². The monoisotopic (exact) mass is 188 g/mol. The van der Waals surface area contributed by atoms with Crippen LogP contribution in [0.1, 0.15) is 0 Å². The zero-order chi connectivity index (χ0) is 9.35. The normalized spacial score (nSPS) is 11.5. The molecule has 0 heterocycles. The highest BCUT2D eigenvalue weighted by Gasteiger charge is 2.12. The Bertz CT molecular complexity index is 391. The predicted molar refractivity (Wildman–Crippen MR) is 45.6 cm³/mol. The molecule has 0 amide bonds. The highest BCUT2D eigenvalue weighted by atomic mass is 32.2. The molecule has 0 aromatic heterocycles. The van der Waals surface area contributed by atoms with Gasteiger partial charge in [-0.05, 0) is 11.6 Å². The van der Waals surface area contributed by atoms with Crippen molar-refractivity contribution in [3.05, 3.63) is 18.2 Å². The van der Waals surface area contributed by atoms with Crippen LogP contribution in [-0.2, 0) is 10.3 Å². The number of fused-ring (bicyclic) bond motifs is 1. The van der Waals surface area contributed by atoms with Gasteiger partial charge in [0.2, 0.25) is 0 Å². The lowest BCUT2D eigenvalue weighted by atomic mass is 9.91. The van der Waals surface area contributed by atoms with E-state index in [9.17, 15) is 0 Å². The van der Waals surface area contributed by atoms with E-state index in [4.69, 9.17) is 18.7 Å². The van der Waals surface area contributed by atoms with E-state index in [2.05, 4.69) is 11.2 Å². The van der Waals surface area contributed by atoms with Crippen LogP contribution in [0.4, 0.5) is 5.69 Å². The van der Waals surface area contributed by atoms with Gasteiger partial charge < -0.3 is 5.73 Å². The van der Waals surface area contributed by atoms with Crippen molar-refractivity contribution in [2.75, 3.05) is 5.73 Å². The lowest BCUT2D eigenvalue weighted by molar-refractivity contribution is 0.485. The first kappa shape index (κ1) is 8.98. The summed E-state index contributed by atoms with van der Waals surface area (Å²) in [6.07, 6.45) is 0. The number of nitrogen functional groups attached to an aromatic ring is 1. The van der Waals surface area contributed by atoms with E-state index < -0.39 is 10.3 Å². The Hall–Kier alpha value is -1.11. The Morgan fingerprint density at radius 1 is 1.33 bits per heavy atom. The van der Waals surface area contributed by atoms with Gasteiger partial charge in [-0.25, -0.2) is 5.14 Å². The van der Waals surface area contributed by atoms with Crippen LogP contribution >= 0.6 is 0 Å². The summed E-state index contributed by atoms with van der Waals surface area (Å²) in [6, 6.07) is 6.08. The highest BCUT2D eigenvalue weighted by Crippen LogP contribution is 2.38. The van der Waals surface area contributed by atoms with Crippen LogP contribution in [-0.4, -0.2) is 13.0 Å². The molecular formula is C6H8N2O3S. The van der Waals surface area contributed by atoms with Gasteiger partial charge in [0.25, 0.3) is 0 Å². The zero-order valence-electron chi connectivity index (χ0n) is 6.06.